The van der Waals surface area contributed by atoms with Gasteiger partial charge in [-0.1, -0.05) is 32.3 Å². The van der Waals surface area contributed by atoms with Crippen LogP contribution in [0.1, 0.15) is 50.2 Å². The van der Waals surface area contributed by atoms with Crippen molar-refractivity contribution in [2.45, 2.75) is 50.9 Å². The Balaban J connectivity index is 2.61. The maximum Gasteiger partial charge on any atom is 0.314 e. The highest BCUT2D eigenvalue weighted by molar-refractivity contribution is 5.83. The number of phenols is 1. The monoisotopic (exact) mass is 278 g/mol. The van der Waals surface area contributed by atoms with Crippen molar-refractivity contribution in [1.29, 1.82) is 0 Å². The lowest BCUT2D eigenvalue weighted by atomic mass is 9.68. The number of carbonyl (C=O) groups is 1. The Bertz CT molecular complexity index is 501. The number of rotatable bonds is 4. The molecule has 0 unspecified atom stereocenters. The third-order valence-corrected chi connectivity index (χ3v) is 4.39. The van der Waals surface area contributed by atoms with Gasteiger partial charge in [-0.05, 0) is 30.9 Å². The van der Waals surface area contributed by atoms with Crippen molar-refractivity contribution in [1.82, 2.24) is 0 Å². The molecule has 0 heterocycles. The van der Waals surface area contributed by atoms with Crippen molar-refractivity contribution in [3.63, 3.8) is 0 Å². The molecule has 1 fully saturated rings. The number of hydrogen-bond donors (Lipinski definition) is 2. The summed E-state index contributed by atoms with van der Waals surface area (Å²) in [5.41, 5.74) is 0.530. The molecule has 2 N–H and O–H groups in total. The van der Waals surface area contributed by atoms with Gasteiger partial charge in [-0.25, -0.2) is 0 Å². The Hall–Kier alpha value is -1.71. The van der Waals surface area contributed by atoms with Crippen LogP contribution in [0.3, 0.4) is 0 Å². The van der Waals surface area contributed by atoms with Crippen molar-refractivity contribution in [2.24, 2.45) is 0 Å². The molecule has 1 aliphatic rings. The zero-order valence-electron chi connectivity index (χ0n) is 12.1. The number of aryl methyl sites for hydroxylation is 1. The molecule has 1 aliphatic carbocycles. The fourth-order valence-corrected chi connectivity index (χ4v) is 3.14. The molecule has 4 nitrogen and oxygen atoms in total. The van der Waals surface area contributed by atoms with E-state index in [0.29, 0.717) is 24.2 Å². The summed E-state index contributed by atoms with van der Waals surface area (Å²) in [7, 11) is 1.49. The minimum atomic E-state index is -0.971. The quantitative estimate of drug-likeness (QED) is 0.887. The molecule has 0 aromatic heterocycles. The van der Waals surface area contributed by atoms with Crippen LogP contribution in [-0.4, -0.2) is 23.3 Å². The van der Waals surface area contributed by atoms with E-state index in [0.717, 1.165) is 31.2 Å². The summed E-state index contributed by atoms with van der Waals surface area (Å²) in [5.74, 6) is -0.498. The van der Waals surface area contributed by atoms with Crippen LogP contribution in [0.4, 0.5) is 0 Å². The van der Waals surface area contributed by atoms with E-state index in [9.17, 15) is 15.0 Å². The maximum atomic E-state index is 11.9. The second kappa shape index (κ2) is 5.73. The molecule has 0 atom stereocenters. The fourth-order valence-electron chi connectivity index (χ4n) is 3.14. The van der Waals surface area contributed by atoms with Gasteiger partial charge in [0.25, 0.3) is 0 Å². The highest BCUT2D eigenvalue weighted by atomic mass is 16.5. The average molecular weight is 278 g/mol. The number of aliphatic carboxylic acids is 1. The molecule has 110 valence electrons. The largest absolute Gasteiger partial charge is 0.504 e. The van der Waals surface area contributed by atoms with Crippen LogP contribution < -0.4 is 4.74 Å². The van der Waals surface area contributed by atoms with Crippen molar-refractivity contribution in [3.05, 3.63) is 23.3 Å². The molecular formula is C16H22O4. The Morgan fingerprint density at radius 1 is 1.30 bits per heavy atom. The van der Waals surface area contributed by atoms with Crippen LogP contribution in [0.2, 0.25) is 0 Å². The summed E-state index contributed by atoms with van der Waals surface area (Å²) in [6.07, 6.45) is 4.74. The van der Waals surface area contributed by atoms with E-state index in [1.807, 2.05) is 13.0 Å². The maximum absolute atomic E-state index is 11.9. The Morgan fingerprint density at radius 2 is 1.95 bits per heavy atom. The lowest BCUT2D eigenvalue weighted by Gasteiger charge is -2.34. The SMILES string of the molecule is CCc1cc(OC)c(O)c(C2(C(=O)O)CCCCC2)c1. The molecule has 1 saturated carbocycles. The van der Waals surface area contributed by atoms with E-state index in [1.165, 1.54) is 7.11 Å². The molecule has 0 radical (unpaired) electrons. The van der Waals surface area contributed by atoms with Crippen LogP contribution in [-0.2, 0) is 16.6 Å². The Morgan fingerprint density at radius 3 is 2.45 bits per heavy atom. The van der Waals surface area contributed by atoms with E-state index < -0.39 is 11.4 Å². The number of phenolic OH excluding ortho intramolecular Hbond substituents is 1. The van der Waals surface area contributed by atoms with Crippen molar-refractivity contribution < 1.29 is 19.7 Å². The van der Waals surface area contributed by atoms with Gasteiger partial charge in [0.05, 0.1) is 12.5 Å². The van der Waals surface area contributed by atoms with E-state index in [4.69, 9.17) is 4.74 Å². The molecule has 0 amide bonds. The summed E-state index contributed by atoms with van der Waals surface area (Å²) in [6, 6.07) is 3.61. The van der Waals surface area contributed by atoms with Crippen LogP contribution in [0.15, 0.2) is 12.1 Å². The van der Waals surface area contributed by atoms with Gasteiger partial charge < -0.3 is 14.9 Å². The Labute approximate surface area is 119 Å². The van der Waals surface area contributed by atoms with Gasteiger partial charge in [0.15, 0.2) is 11.5 Å². The second-order valence-corrected chi connectivity index (χ2v) is 5.50. The zero-order valence-corrected chi connectivity index (χ0v) is 12.1. The third kappa shape index (κ3) is 2.35. The first kappa shape index (κ1) is 14.7. The molecule has 1 aromatic carbocycles. The first-order chi connectivity index (χ1) is 9.55. The third-order valence-electron chi connectivity index (χ3n) is 4.39. The minimum Gasteiger partial charge on any atom is -0.504 e. The summed E-state index contributed by atoms with van der Waals surface area (Å²) in [6.45, 7) is 2.00. The van der Waals surface area contributed by atoms with Crippen LogP contribution in [0.25, 0.3) is 0 Å². The van der Waals surface area contributed by atoms with Crippen molar-refractivity contribution in [3.8, 4) is 11.5 Å². The normalized spacial score (nSPS) is 17.7. The van der Waals surface area contributed by atoms with Gasteiger partial charge in [0.2, 0.25) is 0 Å². The summed E-state index contributed by atoms with van der Waals surface area (Å²) in [5, 5.41) is 20.1. The van der Waals surface area contributed by atoms with Gasteiger partial charge in [-0.2, -0.15) is 0 Å². The number of carboxylic acid groups (broad SMARTS) is 1. The van der Waals surface area contributed by atoms with Crippen LogP contribution in [0.5, 0.6) is 11.5 Å². The van der Waals surface area contributed by atoms with E-state index in [-0.39, 0.29) is 5.75 Å². The molecule has 0 saturated heterocycles. The highest BCUT2D eigenvalue weighted by Crippen LogP contribution is 2.46. The number of carboxylic acids is 1. The second-order valence-electron chi connectivity index (χ2n) is 5.50. The molecule has 4 heteroatoms. The lowest BCUT2D eigenvalue weighted by molar-refractivity contribution is -0.145. The predicted octanol–water partition coefficient (Wildman–Crippen LogP) is 3.25. The summed E-state index contributed by atoms with van der Waals surface area (Å²) in [4.78, 5) is 11.9. The topological polar surface area (TPSA) is 66.8 Å². The van der Waals surface area contributed by atoms with Gasteiger partial charge in [0.1, 0.15) is 0 Å². The van der Waals surface area contributed by atoms with Gasteiger partial charge in [0, 0.05) is 5.56 Å². The minimum absolute atomic E-state index is 0.0194. The molecule has 2 rings (SSSR count). The van der Waals surface area contributed by atoms with Crippen molar-refractivity contribution >= 4 is 5.97 Å². The molecule has 1 aromatic rings. The molecule has 0 spiro atoms. The lowest BCUT2D eigenvalue weighted by Crippen LogP contribution is -2.38. The number of aromatic hydroxyl groups is 1. The van der Waals surface area contributed by atoms with E-state index >= 15 is 0 Å². The summed E-state index contributed by atoms with van der Waals surface area (Å²) < 4.78 is 5.20. The number of ether oxygens (including phenoxy) is 1. The standard InChI is InChI=1S/C16H22O4/c1-3-11-9-12(14(17)13(10-11)20-2)16(15(18)19)7-5-4-6-8-16/h9-10,17H,3-8H2,1-2H3,(H,18,19). The van der Waals surface area contributed by atoms with Crippen molar-refractivity contribution in [2.75, 3.05) is 7.11 Å². The number of hydrogen-bond acceptors (Lipinski definition) is 3. The first-order valence-corrected chi connectivity index (χ1v) is 7.19. The zero-order chi connectivity index (χ0) is 14.8. The van der Waals surface area contributed by atoms with E-state index in [1.54, 1.807) is 6.07 Å². The molecule has 0 bridgehead atoms. The van der Waals surface area contributed by atoms with Crippen LogP contribution >= 0.6 is 0 Å². The van der Waals surface area contributed by atoms with Gasteiger partial charge in [-0.3, -0.25) is 4.79 Å². The molecule has 0 aliphatic heterocycles. The number of benzene rings is 1. The first-order valence-electron chi connectivity index (χ1n) is 7.19. The average Bonchev–Trinajstić information content (AvgIpc) is 2.48. The highest BCUT2D eigenvalue weighted by Gasteiger charge is 2.43. The van der Waals surface area contributed by atoms with Gasteiger partial charge in [-0.15, -0.1) is 0 Å². The Kier molecular flexibility index (Phi) is 4.21. The van der Waals surface area contributed by atoms with E-state index in [2.05, 4.69) is 0 Å². The molecule has 20 heavy (non-hydrogen) atoms. The summed E-state index contributed by atoms with van der Waals surface area (Å²) >= 11 is 0. The molecular weight excluding hydrogens is 256 g/mol. The number of methoxy groups -OCH3 is 1. The smallest absolute Gasteiger partial charge is 0.314 e. The fraction of sp³-hybridized carbons (Fsp3) is 0.562. The van der Waals surface area contributed by atoms with Gasteiger partial charge >= 0.3 is 5.97 Å². The van der Waals surface area contributed by atoms with Crippen LogP contribution in [0, 0.1) is 0 Å². The predicted molar refractivity (Wildman–Crippen MR) is 76.4 cm³/mol.